The Morgan fingerprint density at radius 2 is 1.32 bits per heavy atom. The smallest absolute Gasteiger partial charge is 0.207 e. The van der Waals surface area contributed by atoms with Gasteiger partial charge in [-0.2, -0.15) is 10.2 Å². The molecule has 4 N–H and O–H groups in total. The summed E-state index contributed by atoms with van der Waals surface area (Å²) in [5.74, 6) is 0.912. The molecule has 148 valence electrons. The Kier molecular flexibility index (Phi) is 8.04. The minimum Gasteiger partial charge on any atom is -0.504 e. The molecule has 2 aromatic rings. The molecule has 0 bridgehead atoms. The van der Waals surface area contributed by atoms with Crippen molar-refractivity contribution in [3.05, 3.63) is 47.5 Å². The largest absolute Gasteiger partial charge is 0.504 e. The first kappa shape index (κ1) is 21.0. The van der Waals surface area contributed by atoms with E-state index in [1.165, 1.54) is 24.6 Å². The van der Waals surface area contributed by atoms with Crippen LogP contribution in [0.3, 0.4) is 0 Å². The molecule has 0 amide bonds. The Morgan fingerprint density at radius 1 is 0.893 bits per heavy atom. The van der Waals surface area contributed by atoms with Gasteiger partial charge in [0.05, 0.1) is 25.6 Å². The normalized spacial score (nSPS) is 10.9. The SMILES string of the molecule is CCOc1cc(/C=N\NC(=S)N/N=C\c2ccc(O)c(OCC)c2)ccc1O. The highest BCUT2D eigenvalue weighted by molar-refractivity contribution is 7.80. The number of hydrogen-bond donors (Lipinski definition) is 4. The average Bonchev–Trinajstić information content (AvgIpc) is 2.67. The summed E-state index contributed by atoms with van der Waals surface area (Å²) >= 11 is 5.08. The van der Waals surface area contributed by atoms with Crippen LogP contribution in [0.1, 0.15) is 25.0 Å². The lowest BCUT2D eigenvalue weighted by molar-refractivity contribution is 0.318. The summed E-state index contributed by atoms with van der Waals surface area (Å²) in [6.45, 7) is 4.57. The summed E-state index contributed by atoms with van der Waals surface area (Å²) in [4.78, 5) is 0. The number of phenols is 2. The highest BCUT2D eigenvalue weighted by Gasteiger charge is 2.03. The molecule has 0 aliphatic carbocycles. The number of thiocarbonyl (C=S) groups is 1. The standard InChI is InChI=1S/C19H22N4O4S/c1-3-26-17-9-13(5-7-15(17)24)11-20-22-19(28)23-21-12-14-6-8-16(25)18(10-14)27-4-2/h5-12,24-25H,3-4H2,1-2H3,(H2,22,23,28)/b20-11-,21-12-. The van der Waals surface area contributed by atoms with Crippen LogP contribution in [0.5, 0.6) is 23.0 Å². The third-order valence-electron chi connectivity index (χ3n) is 3.33. The van der Waals surface area contributed by atoms with E-state index in [2.05, 4.69) is 21.1 Å². The zero-order valence-corrected chi connectivity index (χ0v) is 16.4. The molecule has 0 saturated carbocycles. The fourth-order valence-electron chi connectivity index (χ4n) is 2.12. The van der Waals surface area contributed by atoms with Gasteiger partial charge in [0.25, 0.3) is 0 Å². The number of benzene rings is 2. The van der Waals surface area contributed by atoms with E-state index in [4.69, 9.17) is 21.7 Å². The summed E-state index contributed by atoms with van der Waals surface area (Å²) in [6.07, 6.45) is 3.07. The van der Waals surface area contributed by atoms with Crippen molar-refractivity contribution in [2.45, 2.75) is 13.8 Å². The molecule has 0 spiro atoms. The van der Waals surface area contributed by atoms with Crippen LogP contribution < -0.4 is 20.3 Å². The number of nitrogens with zero attached hydrogens (tertiary/aromatic N) is 2. The van der Waals surface area contributed by atoms with Gasteiger partial charge in [0.2, 0.25) is 5.11 Å². The Bertz CT molecular complexity index is 802. The van der Waals surface area contributed by atoms with E-state index >= 15 is 0 Å². The second kappa shape index (κ2) is 10.7. The number of rotatable bonds is 8. The van der Waals surface area contributed by atoms with E-state index in [1.807, 2.05) is 13.8 Å². The van der Waals surface area contributed by atoms with Crippen LogP contribution in [0, 0.1) is 0 Å². The number of hydrogen-bond acceptors (Lipinski definition) is 7. The van der Waals surface area contributed by atoms with Gasteiger partial charge in [0.15, 0.2) is 23.0 Å². The van der Waals surface area contributed by atoms with Gasteiger partial charge in [0.1, 0.15) is 0 Å². The minimum absolute atomic E-state index is 0.0696. The van der Waals surface area contributed by atoms with Crippen LogP contribution in [-0.2, 0) is 0 Å². The predicted molar refractivity (Wildman–Crippen MR) is 113 cm³/mol. The molecular formula is C19H22N4O4S. The zero-order chi connectivity index (χ0) is 20.4. The van der Waals surface area contributed by atoms with Crippen molar-refractivity contribution in [3.63, 3.8) is 0 Å². The quantitative estimate of drug-likeness (QED) is 0.305. The van der Waals surface area contributed by atoms with Gasteiger partial charge in [-0.3, -0.25) is 10.9 Å². The molecule has 0 aliphatic rings. The number of nitrogens with one attached hydrogen (secondary N) is 2. The Morgan fingerprint density at radius 3 is 1.71 bits per heavy atom. The van der Waals surface area contributed by atoms with Crippen LogP contribution in [0.2, 0.25) is 0 Å². The van der Waals surface area contributed by atoms with E-state index in [-0.39, 0.29) is 16.6 Å². The Labute approximate surface area is 168 Å². The van der Waals surface area contributed by atoms with Crippen molar-refractivity contribution in [2.75, 3.05) is 13.2 Å². The molecule has 0 aromatic heterocycles. The van der Waals surface area contributed by atoms with E-state index < -0.39 is 0 Å². The summed E-state index contributed by atoms with van der Waals surface area (Å²) in [7, 11) is 0. The zero-order valence-electron chi connectivity index (χ0n) is 15.5. The highest BCUT2D eigenvalue weighted by atomic mass is 32.1. The van der Waals surface area contributed by atoms with Gasteiger partial charge in [-0.15, -0.1) is 0 Å². The molecule has 9 heteroatoms. The van der Waals surface area contributed by atoms with Crippen molar-refractivity contribution in [2.24, 2.45) is 10.2 Å². The molecule has 28 heavy (non-hydrogen) atoms. The van der Waals surface area contributed by atoms with Crippen LogP contribution in [-0.4, -0.2) is 41.0 Å². The molecule has 0 atom stereocenters. The molecule has 0 aliphatic heterocycles. The van der Waals surface area contributed by atoms with E-state index in [0.717, 1.165) is 11.1 Å². The average molecular weight is 402 g/mol. The molecule has 0 radical (unpaired) electrons. The predicted octanol–water partition coefficient (Wildman–Crippen LogP) is 2.73. The van der Waals surface area contributed by atoms with Crippen molar-refractivity contribution >= 4 is 29.8 Å². The van der Waals surface area contributed by atoms with Gasteiger partial charge in [-0.05, 0) is 73.6 Å². The van der Waals surface area contributed by atoms with Crippen LogP contribution in [0.15, 0.2) is 46.6 Å². The van der Waals surface area contributed by atoms with E-state index in [9.17, 15) is 10.2 Å². The van der Waals surface area contributed by atoms with Gasteiger partial charge in [0, 0.05) is 0 Å². The van der Waals surface area contributed by atoms with E-state index in [1.54, 1.807) is 24.3 Å². The van der Waals surface area contributed by atoms with Crippen molar-refractivity contribution in [3.8, 4) is 23.0 Å². The summed E-state index contributed by atoms with van der Waals surface area (Å²) < 4.78 is 10.6. The highest BCUT2D eigenvalue weighted by Crippen LogP contribution is 2.26. The van der Waals surface area contributed by atoms with Crippen LogP contribution >= 0.6 is 12.2 Å². The van der Waals surface area contributed by atoms with Crippen LogP contribution in [0.25, 0.3) is 0 Å². The number of ether oxygens (including phenoxy) is 2. The van der Waals surface area contributed by atoms with Gasteiger partial charge in [-0.1, -0.05) is 0 Å². The molecular weight excluding hydrogens is 380 g/mol. The maximum absolute atomic E-state index is 9.68. The molecule has 2 rings (SSSR count). The monoisotopic (exact) mass is 402 g/mol. The molecule has 0 saturated heterocycles. The number of hydrazone groups is 2. The number of phenolic OH excluding ortho intramolecular Hbond substituents is 2. The third kappa shape index (κ3) is 6.44. The molecule has 8 nitrogen and oxygen atoms in total. The third-order valence-corrected chi connectivity index (χ3v) is 3.51. The maximum atomic E-state index is 9.68. The second-order valence-electron chi connectivity index (χ2n) is 5.39. The summed E-state index contributed by atoms with van der Waals surface area (Å²) in [5, 5.41) is 27.6. The fourth-order valence-corrected chi connectivity index (χ4v) is 2.23. The van der Waals surface area contributed by atoms with E-state index in [0.29, 0.717) is 24.7 Å². The van der Waals surface area contributed by atoms with Gasteiger partial charge >= 0.3 is 0 Å². The first-order valence-electron chi connectivity index (χ1n) is 8.57. The maximum Gasteiger partial charge on any atom is 0.207 e. The summed E-state index contributed by atoms with van der Waals surface area (Å²) in [6, 6.07) is 9.78. The molecule has 2 aromatic carbocycles. The lowest BCUT2D eigenvalue weighted by Crippen LogP contribution is -2.28. The molecule has 0 heterocycles. The fraction of sp³-hybridized carbons (Fsp3) is 0.211. The first-order valence-corrected chi connectivity index (χ1v) is 8.98. The topological polar surface area (TPSA) is 108 Å². The summed E-state index contributed by atoms with van der Waals surface area (Å²) in [5.41, 5.74) is 6.72. The lowest BCUT2D eigenvalue weighted by Gasteiger charge is -2.06. The van der Waals surface area contributed by atoms with Crippen molar-refractivity contribution in [1.82, 2.24) is 10.9 Å². The first-order chi connectivity index (χ1) is 13.5. The second-order valence-corrected chi connectivity index (χ2v) is 5.80. The molecule has 0 unspecified atom stereocenters. The number of aromatic hydroxyl groups is 2. The van der Waals surface area contributed by atoms with Crippen molar-refractivity contribution < 1.29 is 19.7 Å². The van der Waals surface area contributed by atoms with Crippen molar-refractivity contribution in [1.29, 1.82) is 0 Å². The van der Waals surface area contributed by atoms with Gasteiger partial charge < -0.3 is 19.7 Å². The Balaban J connectivity index is 1.87. The van der Waals surface area contributed by atoms with Crippen LogP contribution in [0.4, 0.5) is 0 Å². The lowest BCUT2D eigenvalue weighted by atomic mass is 10.2. The molecule has 0 fully saturated rings. The Hall–Kier alpha value is -3.33. The minimum atomic E-state index is 0.0696. The van der Waals surface area contributed by atoms with Gasteiger partial charge in [-0.25, -0.2) is 0 Å².